The maximum absolute atomic E-state index is 5.42. The van der Waals surface area contributed by atoms with E-state index in [0.29, 0.717) is 6.04 Å². The van der Waals surface area contributed by atoms with Crippen molar-refractivity contribution in [2.75, 3.05) is 39.4 Å². The van der Waals surface area contributed by atoms with Crippen molar-refractivity contribution in [1.29, 1.82) is 0 Å². The molecule has 0 aromatic carbocycles. The molecule has 0 bridgehead atoms. The van der Waals surface area contributed by atoms with E-state index in [2.05, 4.69) is 31.0 Å². The Morgan fingerprint density at radius 3 is 2.88 bits per heavy atom. The third-order valence-corrected chi connectivity index (χ3v) is 3.22. The van der Waals surface area contributed by atoms with Gasteiger partial charge in [-0.3, -0.25) is 4.90 Å². The highest BCUT2D eigenvalue weighted by atomic mass is 16.5. The topological polar surface area (TPSA) is 24.5 Å². The smallest absolute Gasteiger partial charge is 0.0619 e. The fraction of sp³-hybridized carbons (Fsp3) is 1.00. The van der Waals surface area contributed by atoms with Gasteiger partial charge in [0.2, 0.25) is 0 Å². The Morgan fingerprint density at radius 1 is 1.38 bits per heavy atom. The quantitative estimate of drug-likeness (QED) is 0.672. The van der Waals surface area contributed by atoms with E-state index in [1.54, 1.807) is 0 Å². The molecular formula is C13H28N2O. The van der Waals surface area contributed by atoms with Gasteiger partial charge in [0.15, 0.2) is 0 Å². The third-order valence-electron chi connectivity index (χ3n) is 3.22. The van der Waals surface area contributed by atoms with Gasteiger partial charge in [-0.15, -0.1) is 0 Å². The minimum Gasteiger partial charge on any atom is -0.379 e. The lowest BCUT2D eigenvalue weighted by Gasteiger charge is -2.33. The van der Waals surface area contributed by atoms with Crippen LogP contribution in [0.3, 0.4) is 0 Å². The molecule has 1 rings (SSSR count). The molecule has 0 aromatic heterocycles. The van der Waals surface area contributed by atoms with Crippen molar-refractivity contribution in [3.8, 4) is 0 Å². The summed E-state index contributed by atoms with van der Waals surface area (Å²) in [6, 6.07) is 0.589. The number of hydrogen-bond acceptors (Lipinski definition) is 3. The van der Waals surface area contributed by atoms with Crippen LogP contribution >= 0.6 is 0 Å². The lowest BCUT2D eigenvalue weighted by Crippen LogP contribution is -2.46. The summed E-state index contributed by atoms with van der Waals surface area (Å²) in [4.78, 5) is 2.51. The number of rotatable bonds is 7. The predicted molar refractivity (Wildman–Crippen MR) is 68.8 cm³/mol. The molecular weight excluding hydrogens is 200 g/mol. The molecule has 1 fully saturated rings. The average molecular weight is 228 g/mol. The van der Waals surface area contributed by atoms with Crippen molar-refractivity contribution >= 4 is 0 Å². The summed E-state index contributed by atoms with van der Waals surface area (Å²) in [6.07, 6.45) is 2.64. The van der Waals surface area contributed by atoms with Crippen LogP contribution in [0.1, 0.15) is 33.6 Å². The molecule has 1 saturated heterocycles. The van der Waals surface area contributed by atoms with Crippen LogP contribution < -0.4 is 5.32 Å². The summed E-state index contributed by atoms with van der Waals surface area (Å²) >= 11 is 0. The highest BCUT2D eigenvalue weighted by Crippen LogP contribution is 2.05. The molecule has 0 saturated carbocycles. The minimum absolute atomic E-state index is 0.589. The molecule has 1 aliphatic rings. The molecule has 1 unspecified atom stereocenters. The second-order valence-corrected chi connectivity index (χ2v) is 5.25. The van der Waals surface area contributed by atoms with Gasteiger partial charge >= 0.3 is 0 Å². The molecule has 0 radical (unpaired) electrons. The number of ether oxygens (including phenoxy) is 1. The zero-order valence-corrected chi connectivity index (χ0v) is 11.2. The number of morpholine rings is 1. The molecule has 96 valence electrons. The van der Waals surface area contributed by atoms with E-state index in [1.807, 2.05) is 0 Å². The Morgan fingerprint density at radius 2 is 2.19 bits per heavy atom. The molecule has 0 aliphatic carbocycles. The van der Waals surface area contributed by atoms with Crippen molar-refractivity contribution in [3.05, 3.63) is 0 Å². The number of nitrogens with zero attached hydrogens (tertiary/aromatic N) is 1. The SMILES string of the molecule is CC(C)CCCNCCN1CCOCC1C. The van der Waals surface area contributed by atoms with Crippen molar-refractivity contribution in [2.45, 2.75) is 39.7 Å². The predicted octanol–water partition coefficient (Wildman–Crippen LogP) is 1.73. The van der Waals surface area contributed by atoms with Crippen LogP contribution in [-0.4, -0.2) is 50.3 Å². The lowest BCUT2D eigenvalue weighted by molar-refractivity contribution is 0.000447. The largest absolute Gasteiger partial charge is 0.379 e. The van der Waals surface area contributed by atoms with Gasteiger partial charge < -0.3 is 10.1 Å². The van der Waals surface area contributed by atoms with Gasteiger partial charge in [0.05, 0.1) is 13.2 Å². The molecule has 3 heteroatoms. The van der Waals surface area contributed by atoms with E-state index in [9.17, 15) is 0 Å². The first-order chi connectivity index (χ1) is 7.70. The third kappa shape index (κ3) is 5.83. The molecule has 0 amide bonds. The van der Waals surface area contributed by atoms with Gasteiger partial charge in [-0.2, -0.15) is 0 Å². The molecule has 1 heterocycles. The summed E-state index contributed by atoms with van der Waals surface area (Å²) in [7, 11) is 0. The summed E-state index contributed by atoms with van der Waals surface area (Å²) in [5.41, 5.74) is 0. The van der Waals surface area contributed by atoms with E-state index in [0.717, 1.165) is 45.3 Å². The van der Waals surface area contributed by atoms with Gasteiger partial charge in [-0.1, -0.05) is 13.8 Å². The zero-order valence-electron chi connectivity index (χ0n) is 11.2. The van der Waals surface area contributed by atoms with Crippen LogP contribution in [0.25, 0.3) is 0 Å². The molecule has 1 atom stereocenters. The standard InChI is InChI=1S/C13H28N2O/c1-12(2)5-4-6-14-7-8-15-9-10-16-11-13(15)3/h12-14H,4-11H2,1-3H3. The molecule has 1 aliphatic heterocycles. The fourth-order valence-electron chi connectivity index (χ4n) is 2.08. The molecule has 16 heavy (non-hydrogen) atoms. The summed E-state index contributed by atoms with van der Waals surface area (Å²) in [5.74, 6) is 0.834. The first kappa shape index (κ1) is 13.9. The first-order valence-electron chi connectivity index (χ1n) is 6.72. The van der Waals surface area contributed by atoms with Gasteiger partial charge in [0, 0.05) is 25.7 Å². The van der Waals surface area contributed by atoms with Crippen LogP contribution in [0.2, 0.25) is 0 Å². The van der Waals surface area contributed by atoms with Crippen LogP contribution in [0, 0.1) is 5.92 Å². The Bertz CT molecular complexity index is 173. The van der Waals surface area contributed by atoms with Gasteiger partial charge in [-0.25, -0.2) is 0 Å². The molecule has 1 N–H and O–H groups in total. The lowest BCUT2D eigenvalue weighted by atomic mass is 10.1. The van der Waals surface area contributed by atoms with Crippen LogP contribution in [0.4, 0.5) is 0 Å². The number of hydrogen-bond donors (Lipinski definition) is 1. The van der Waals surface area contributed by atoms with Crippen molar-refractivity contribution in [1.82, 2.24) is 10.2 Å². The fourth-order valence-corrected chi connectivity index (χ4v) is 2.08. The van der Waals surface area contributed by atoms with Crippen molar-refractivity contribution in [3.63, 3.8) is 0 Å². The monoisotopic (exact) mass is 228 g/mol. The van der Waals surface area contributed by atoms with Crippen molar-refractivity contribution in [2.24, 2.45) is 5.92 Å². The molecule has 0 spiro atoms. The average Bonchev–Trinajstić information content (AvgIpc) is 2.25. The summed E-state index contributed by atoms with van der Waals surface area (Å²) in [5, 5.41) is 3.53. The van der Waals surface area contributed by atoms with Crippen LogP contribution in [0.15, 0.2) is 0 Å². The Hall–Kier alpha value is -0.120. The number of nitrogens with one attached hydrogen (secondary N) is 1. The summed E-state index contributed by atoms with van der Waals surface area (Å²) in [6.45, 7) is 13.1. The Kier molecular flexibility index (Phi) is 7.01. The maximum atomic E-state index is 5.42. The van der Waals surface area contributed by atoms with Gasteiger partial charge in [0.25, 0.3) is 0 Å². The van der Waals surface area contributed by atoms with Crippen molar-refractivity contribution < 1.29 is 4.74 Å². The Balaban J connectivity index is 1.94. The maximum Gasteiger partial charge on any atom is 0.0619 e. The van der Waals surface area contributed by atoms with Crippen LogP contribution in [0.5, 0.6) is 0 Å². The molecule has 0 aromatic rings. The van der Waals surface area contributed by atoms with E-state index in [-0.39, 0.29) is 0 Å². The van der Waals surface area contributed by atoms with Gasteiger partial charge in [-0.05, 0) is 32.2 Å². The van der Waals surface area contributed by atoms with E-state index < -0.39 is 0 Å². The van der Waals surface area contributed by atoms with E-state index in [4.69, 9.17) is 4.74 Å². The van der Waals surface area contributed by atoms with Crippen LogP contribution in [-0.2, 0) is 4.74 Å². The second-order valence-electron chi connectivity index (χ2n) is 5.25. The van der Waals surface area contributed by atoms with E-state index >= 15 is 0 Å². The highest BCUT2D eigenvalue weighted by Gasteiger charge is 2.17. The second kappa shape index (κ2) is 8.04. The normalized spacial score (nSPS) is 22.9. The summed E-state index contributed by atoms with van der Waals surface area (Å²) < 4.78 is 5.42. The first-order valence-corrected chi connectivity index (χ1v) is 6.72. The van der Waals surface area contributed by atoms with Gasteiger partial charge in [0.1, 0.15) is 0 Å². The zero-order chi connectivity index (χ0) is 11.8. The minimum atomic E-state index is 0.589. The Labute approximate surface area is 101 Å². The van der Waals surface area contributed by atoms with E-state index in [1.165, 1.54) is 12.8 Å². The highest BCUT2D eigenvalue weighted by molar-refractivity contribution is 4.71. The molecule has 3 nitrogen and oxygen atoms in total.